The third-order valence-electron chi connectivity index (χ3n) is 4.87. The van der Waals surface area contributed by atoms with E-state index in [4.69, 9.17) is 0 Å². The molecule has 140 valence electrons. The lowest BCUT2D eigenvalue weighted by molar-refractivity contribution is -0.127. The third-order valence-corrected chi connectivity index (χ3v) is 6.73. The second-order valence-corrected chi connectivity index (χ2v) is 8.65. The average molecular weight is 385 g/mol. The summed E-state index contributed by atoms with van der Waals surface area (Å²) in [6.45, 7) is 2.37. The monoisotopic (exact) mass is 385 g/mol. The van der Waals surface area contributed by atoms with Crippen LogP contribution in [0.25, 0.3) is 0 Å². The summed E-state index contributed by atoms with van der Waals surface area (Å²) in [5, 5.41) is 5.44. The molecule has 7 nitrogen and oxygen atoms in total. The molecule has 8 heteroatoms. The predicted octanol–water partition coefficient (Wildman–Crippen LogP) is 1.35. The minimum absolute atomic E-state index is 0.0876. The highest BCUT2D eigenvalue weighted by Gasteiger charge is 2.39. The number of rotatable bonds is 3. The maximum Gasteiger partial charge on any atom is 0.244 e. The van der Waals surface area contributed by atoms with Crippen molar-refractivity contribution in [2.75, 3.05) is 18.4 Å². The van der Waals surface area contributed by atoms with E-state index in [0.29, 0.717) is 16.8 Å². The number of hydrogen-bond acceptors (Lipinski definition) is 4. The van der Waals surface area contributed by atoms with Gasteiger partial charge >= 0.3 is 0 Å². The molecule has 2 N–H and O–H groups in total. The lowest BCUT2D eigenvalue weighted by atomic mass is 10.0. The fourth-order valence-electron chi connectivity index (χ4n) is 3.47. The van der Waals surface area contributed by atoms with E-state index < -0.39 is 16.1 Å². The largest absolute Gasteiger partial charge is 0.353 e. The minimum Gasteiger partial charge on any atom is -0.353 e. The molecule has 1 saturated heterocycles. The number of amides is 2. The summed E-state index contributed by atoms with van der Waals surface area (Å²) in [5.41, 5.74) is 2.93. The molecule has 2 aliphatic rings. The molecule has 2 aromatic carbocycles. The topological polar surface area (TPSA) is 95.6 Å². The van der Waals surface area contributed by atoms with Crippen molar-refractivity contribution in [3.63, 3.8) is 0 Å². The fraction of sp³-hybridized carbons (Fsp3) is 0.263. The Balaban J connectivity index is 1.75. The number of carbonyl (C=O) groups excluding carboxylic acids is 2. The summed E-state index contributed by atoms with van der Waals surface area (Å²) in [7, 11) is -3.91. The van der Waals surface area contributed by atoms with Crippen molar-refractivity contribution < 1.29 is 18.0 Å². The van der Waals surface area contributed by atoms with Crippen LogP contribution in [0.1, 0.15) is 22.7 Å². The number of piperazine rings is 1. The van der Waals surface area contributed by atoms with Gasteiger partial charge in [-0.3, -0.25) is 9.59 Å². The van der Waals surface area contributed by atoms with Gasteiger partial charge in [0.1, 0.15) is 6.04 Å². The van der Waals surface area contributed by atoms with E-state index in [1.807, 2.05) is 19.1 Å². The average Bonchev–Trinajstić information content (AvgIpc) is 3.01. The minimum atomic E-state index is -3.91. The van der Waals surface area contributed by atoms with Crippen molar-refractivity contribution >= 4 is 27.5 Å². The molecule has 2 amide bonds. The quantitative estimate of drug-likeness (QED) is 0.834. The smallest absolute Gasteiger partial charge is 0.244 e. The molecule has 2 aromatic rings. The first-order valence-corrected chi connectivity index (χ1v) is 10.1. The summed E-state index contributed by atoms with van der Waals surface area (Å²) in [4.78, 5) is 24.2. The van der Waals surface area contributed by atoms with Crippen molar-refractivity contribution in [1.29, 1.82) is 0 Å². The van der Waals surface area contributed by atoms with Crippen molar-refractivity contribution in [3.8, 4) is 0 Å². The van der Waals surface area contributed by atoms with Crippen LogP contribution in [0.5, 0.6) is 0 Å². The molecule has 0 spiro atoms. The molecule has 0 bridgehead atoms. The molecule has 1 atom stereocenters. The number of benzene rings is 2. The number of nitrogens with zero attached hydrogens (tertiary/aromatic N) is 1. The first-order valence-electron chi connectivity index (χ1n) is 8.65. The number of nitrogens with one attached hydrogen (secondary N) is 2. The van der Waals surface area contributed by atoms with Gasteiger partial charge in [0.05, 0.1) is 11.3 Å². The number of carbonyl (C=O) groups is 2. The van der Waals surface area contributed by atoms with Crippen LogP contribution >= 0.6 is 0 Å². The van der Waals surface area contributed by atoms with Crippen molar-refractivity contribution in [2.24, 2.45) is 0 Å². The fourth-order valence-corrected chi connectivity index (χ4v) is 5.10. The van der Waals surface area contributed by atoms with Crippen LogP contribution < -0.4 is 10.6 Å². The Labute approximate surface area is 157 Å². The number of hydrogen-bond donors (Lipinski definition) is 2. The first kappa shape index (κ1) is 17.7. The van der Waals surface area contributed by atoms with Gasteiger partial charge in [-0.1, -0.05) is 29.8 Å². The Bertz CT molecular complexity index is 1030. The van der Waals surface area contributed by atoms with Crippen molar-refractivity contribution in [1.82, 2.24) is 9.62 Å². The highest BCUT2D eigenvalue weighted by molar-refractivity contribution is 7.89. The summed E-state index contributed by atoms with van der Waals surface area (Å²) < 4.78 is 27.8. The van der Waals surface area contributed by atoms with Crippen LogP contribution in [-0.4, -0.2) is 37.6 Å². The van der Waals surface area contributed by atoms with E-state index in [9.17, 15) is 18.0 Å². The zero-order valence-corrected chi connectivity index (χ0v) is 15.5. The van der Waals surface area contributed by atoms with E-state index in [0.717, 1.165) is 5.56 Å². The Morgan fingerprint density at radius 1 is 1.07 bits per heavy atom. The van der Waals surface area contributed by atoms with E-state index in [-0.39, 0.29) is 36.2 Å². The number of fused-ring (bicyclic) bond motifs is 1. The molecule has 1 unspecified atom stereocenters. The zero-order chi connectivity index (χ0) is 19.2. The summed E-state index contributed by atoms with van der Waals surface area (Å²) >= 11 is 0. The van der Waals surface area contributed by atoms with Crippen molar-refractivity contribution in [3.05, 3.63) is 59.2 Å². The second kappa shape index (κ2) is 6.47. The highest BCUT2D eigenvalue weighted by Crippen LogP contribution is 2.32. The Morgan fingerprint density at radius 2 is 1.81 bits per heavy atom. The van der Waals surface area contributed by atoms with Gasteiger partial charge in [-0.05, 0) is 36.2 Å². The van der Waals surface area contributed by atoms with Gasteiger partial charge < -0.3 is 10.6 Å². The molecular formula is C19H19N3O4S. The number of aryl methyl sites for hydroxylation is 1. The van der Waals surface area contributed by atoms with Gasteiger partial charge in [-0.2, -0.15) is 4.31 Å². The molecule has 27 heavy (non-hydrogen) atoms. The molecule has 0 aliphatic carbocycles. The normalized spacial score (nSPS) is 20.1. The molecule has 0 radical (unpaired) electrons. The predicted molar refractivity (Wildman–Crippen MR) is 99.6 cm³/mol. The number of anilines is 1. The SMILES string of the molecule is Cc1ccc(C2C(=O)NCCN2S(=O)(=O)c2ccc3c(c2)CC(=O)N3)cc1. The van der Waals surface area contributed by atoms with Crippen LogP contribution in [-0.2, 0) is 26.0 Å². The summed E-state index contributed by atoms with van der Waals surface area (Å²) in [6, 6.07) is 10.9. The molecule has 0 saturated carbocycles. The van der Waals surface area contributed by atoms with Crippen molar-refractivity contribution in [2.45, 2.75) is 24.3 Å². The van der Waals surface area contributed by atoms with Gasteiger partial charge in [-0.25, -0.2) is 8.42 Å². The lowest BCUT2D eigenvalue weighted by Gasteiger charge is -2.34. The molecule has 1 fully saturated rings. The van der Waals surface area contributed by atoms with Gasteiger partial charge in [0, 0.05) is 18.8 Å². The maximum atomic E-state index is 13.3. The van der Waals surface area contributed by atoms with Crippen LogP contribution in [0.2, 0.25) is 0 Å². The lowest BCUT2D eigenvalue weighted by Crippen LogP contribution is -2.52. The molecule has 2 aliphatic heterocycles. The van der Waals surface area contributed by atoms with E-state index in [1.165, 1.54) is 16.4 Å². The van der Waals surface area contributed by atoms with Gasteiger partial charge in [-0.15, -0.1) is 0 Å². The Kier molecular flexibility index (Phi) is 4.24. The third kappa shape index (κ3) is 3.11. The Hall–Kier alpha value is -2.71. The summed E-state index contributed by atoms with van der Waals surface area (Å²) in [5.74, 6) is -0.499. The standard InChI is InChI=1S/C19H19N3O4S/c1-12-2-4-13(5-3-12)18-19(24)20-8-9-22(18)27(25,26)15-6-7-16-14(10-15)11-17(23)21-16/h2-7,10,18H,8-9,11H2,1H3,(H,20,24)(H,21,23). The van der Waals surface area contributed by atoms with E-state index >= 15 is 0 Å². The van der Waals surface area contributed by atoms with Crippen LogP contribution in [0.3, 0.4) is 0 Å². The molecule has 4 rings (SSSR count). The molecular weight excluding hydrogens is 366 g/mol. The molecule has 0 aromatic heterocycles. The summed E-state index contributed by atoms with van der Waals surface area (Å²) in [6.07, 6.45) is 0.153. The Morgan fingerprint density at radius 3 is 2.56 bits per heavy atom. The van der Waals surface area contributed by atoms with Crippen LogP contribution in [0.4, 0.5) is 5.69 Å². The van der Waals surface area contributed by atoms with Gasteiger partial charge in [0.2, 0.25) is 21.8 Å². The second-order valence-electron chi connectivity index (χ2n) is 6.76. The first-order chi connectivity index (χ1) is 12.9. The van der Waals surface area contributed by atoms with Gasteiger partial charge in [0.15, 0.2) is 0 Å². The maximum absolute atomic E-state index is 13.3. The van der Waals surface area contributed by atoms with Gasteiger partial charge in [0.25, 0.3) is 0 Å². The van der Waals surface area contributed by atoms with Crippen LogP contribution in [0, 0.1) is 6.92 Å². The van der Waals surface area contributed by atoms with Crippen LogP contribution in [0.15, 0.2) is 47.4 Å². The van der Waals surface area contributed by atoms with E-state index in [1.54, 1.807) is 18.2 Å². The molecule has 2 heterocycles. The van der Waals surface area contributed by atoms with E-state index in [2.05, 4.69) is 10.6 Å². The highest BCUT2D eigenvalue weighted by atomic mass is 32.2. The number of sulfonamides is 1. The zero-order valence-electron chi connectivity index (χ0n) is 14.7.